The van der Waals surface area contributed by atoms with Crippen molar-refractivity contribution in [1.82, 2.24) is 5.32 Å². The Morgan fingerprint density at radius 3 is 2.48 bits per heavy atom. The summed E-state index contributed by atoms with van der Waals surface area (Å²) in [7, 11) is 0. The van der Waals surface area contributed by atoms with Crippen LogP contribution in [0, 0.1) is 11.6 Å². The highest BCUT2D eigenvalue weighted by molar-refractivity contribution is 8.00. The van der Waals surface area contributed by atoms with Crippen molar-refractivity contribution in [3.63, 3.8) is 0 Å². The van der Waals surface area contributed by atoms with Gasteiger partial charge in [0.2, 0.25) is 5.91 Å². The largest absolute Gasteiger partial charge is 0.344 e. The Hall–Kier alpha value is -2.18. The SMILES string of the molecule is O=C(CSc1ccccc1F)N[C@H](c1ccc(F)cc1)c1cccs1. The smallest absolute Gasteiger partial charge is 0.231 e. The van der Waals surface area contributed by atoms with Gasteiger partial charge in [0, 0.05) is 9.77 Å². The van der Waals surface area contributed by atoms with Gasteiger partial charge in [-0.05, 0) is 41.3 Å². The van der Waals surface area contributed by atoms with E-state index in [1.165, 1.54) is 29.5 Å². The number of halogens is 2. The van der Waals surface area contributed by atoms with E-state index in [0.29, 0.717) is 4.90 Å². The number of thiophene rings is 1. The van der Waals surface area contributed by atoms with E-state index in [9.17, 15) is 13.6 Å². The molecule has 3 aromatic rings. The van der Waals surface area contributed by atoms with Crippen LogP contribution in [0.5, 0.6) is 0 Å². The highest BCUT2D eigenvalue weighted by atomic mass is 32.2. The van der Waals surface area contributed by atoms with E-state index in [0.717, 1.165) is 22.2 Å². The molecular formula is C19H15F2NOS2. The molecule has 2 nitrogen and oxygen atoms in total. The second-order valence-electron chi connectivity index (χ2n) is 5.29. The molecule has 1 amide bonds. The van der Waals surface area contributed by atoms with Gasteiger partial charge in [-0.1, -0.05) is 30.3 Å². The molecule has 1 N–H and O–H groups in total. The molecule has 3 rings (SSSR count). The minimum Gasteiger partial charge on any atom is -0.344 e. The van der Waals surface area contributed by atoms with E-state index < -0.39 is 0 Å². The van der Waals surface area contributed by atoms with E-state index in [-0.39, 0.29) is 29.3 Å². The lowest BCUT2D eigenvalue weighted by molar-refractivity contribution is -0.119. The number of carbonyl (C=O) groups excluding carboxylic acids is 1. The fourth-order valence-electron chi connectivity index (χ4n) is 2.34. The van der Waals surface area contributed by atoms with Crippen LogP contribution < -0.4 is 5.32 Å². The van der Waals surface area contributed by atoms with Gasteiger partial charge < -0.3 is 5.32 Å². The maximum atomic E-state index is 13.6. The maximum absolute atomic E-state index is 13.6. The van der Waals surface area contributed by atoms with Gasteiger partial charge >= 0.3 is 0 Å². The number of nitrogens with one attached hydrogen (secondary N) is 1. The zero-order chi connectivity index (χ0) is 17.6. The minimum atomic E-state index is -0.352. The summed E-state index contributed by atoms with van der Waals surface area (Å²) >= 11 is 2.66. The zero-order valence-electron chi connectivity index (χ0n) is 13.1. The maximum Gasteiger partial charge on any atom is 0.231 e. The Bertz CT molecular complexity index is 835. The van der Waals surface area contributed by atoms with Crippen molar-refractivity contribution in [3.8, 4) is 0 Å². The van der Waals surface area contributed by atoms with Crippen LogP contribution in [-0.2, 0) is 4.79 Å². The average molecular weight is 375 g/mol. The van der Waals surface area contributed by atoms with Gasteiger partial charge in [0.25, 0.3) is 0 Å². The third-order valence-electron chi connectivity index (χ3n) is 3.53. The first kappa shape index (κ1) is 17.6. The van der Waals surface area contributed by atoms with Gasteiger partial charge in [-0.25, -0.2) is 8.78 Å². The van der Waals surface area contributed by atoms with Crippen molar-refractivity contribution in [2.45, 2.75) is 10.9 Å². The molecule has 1 atom stereocenters. The van der Waals surface area contributed by atoms with Crippen LogP contribution in [-0.4, -0.2) is 11.7 Å². The average Bonchev–Trinajstić information content (AvgIpc) is 3.14. The molecule has 2 aromatic carbocycles. The Labute approximate surface area is 152 Å². The Balaban J connectivity index is 1.71. The van der Waals surface area contributed by atoms with Crippen LogP contribution in [0.25, 0.3) is 0 Å². The molecule has 0 fully saturated rings. The molecule has 0 radical (unpaired) electrons. The summed E-state index contributed by atoms with van der Waals surface area (Å²) in [5, 5.41) is 4.87. The molecule has 0 unspecified atom stereocenters. The third-order valence-corrected chi connectivity index (χ3v) is 5.52. The second-order valence-corrected chi connectivity index (χ2v) is 7.28. The lowest BCUT2D eigenvalue weighted by atomic mass is 10.1. The number of hydrogen-bond donors (Lipinski definition) is 1. The Morgan fingerprint density at radius 1 is 1.04 bits per heavy atom. The molecular weight excluding hydrogens is 360 g/mol. The molecule has 6 heteroatoms. The summed E-state index contributed by atoms with van der Waals surface area (Å²) in [5.74, 6) is -0.774. The van der Waals surface area contributed by atoms with Crippen LogP contribution in [0.2, 0.25) is 0 Å². The van der Waals surface area contributed by atoms with E-state index in [4.69, 9.17) is 0 Å². The highest BCUT2D eigenvalue weighted by Gasteiger charge is 2.18. The summed E-state index contributed by atoms with van der Waals surface area (Å²) in [6.07, 6.45) is 0. The monoisotopic (exact) mass is 375 g/mol. The summed E-state index contributed by atoms with van der Waals surface area (Å²) in [6, 6.07) is 15.9. The molecule has 0 saturated carbocycles. The summed E-state index contributed by atoms with van der Waals surface area (Å²) in [4.78, 5) is 13.7. The van der Waals surface area contributed by atoms with Crippen molar-refractivity contribution in [3.05, 3.63) is 88.1 Å². The van der Waals surface area contributed by atoms with Crippen molar-refractivity contribution >= 4 is 29.0 Å². The molecule has 0 aliphatic heterocycles. The van der Waals surface area contributed by atoms with Gasteiger partial charge in [-0.3, -0.25) is 4.79 Å². The predicted molar refractivity (Wildman–Crippen MR) is 97.8 cm³/mol. The normalized spacial score (nSPS) is 11.9. The number of rotatable bonds is 6. The topological polar surface area (TPSA) is 29.1 Å². The highest BCUT2D eigenvalue weighted by Crippen LogP contribution is 2.27. The van der Waals surface area contributed by atoms with Gasteiger partial charge in [0.05, 0.1) is 11.8 Å². The summed E-state index contributed by atoms with van der Waals surface area (Å²) in [5.41, 5.74) is 0.799. The van der Waals surface area contributed by atoms with Gasteiger partial charge in [0.15, 0.2) is 0 Å². The standard InChI is InChI=1S/C19H15F2NOS2/c20-14-9-7-13(8-10-14)19(17-6-3-11-24-17)22-18(23)12-25-16-5-2-1-4-15(16)21/h1-11,19H,12H2,(H,22,23)/t19-/m1/s1. The van der Waals surface area contributed by atoms with Crippen LogP contribution in [0.4, 0.5) is 8.78 Å². The first-order chi connectivity index (χ1) is 12.1. The van der Waals surface area contributed by atoms with E-state index in [1.807, 2.05) is 17.5 Å². The van der Waals surface area contributed by atoms with Crippen molar-refractivity contribution in [1.29, 1.82) is 0 Å². The third kappa shape index (κ3) is 4.67. The molecule has 0 bridgehead atoms. The van der Waals surface area contributed by atoms with E-state index in [2.05, 4.69) is 5.32 Å². The number of carbonyl (C=O) groups is 1. The van der Waals surface area contributed by atoms with Crippen LogP contribution >= 0.6 is 23.1 Å². The van der Waals surface area contributed by atoms with E-state index in [1.54, 1.807) is 30.3 Å². The molecule has 1 aromatic heterocycles. The Kier molecular flexibility index (Phi) is 5.83. The van der Waals surface area contributed by atoms with Crippen LogP contribution in [0.15, 0.2) is 70.9 Å². The Morgan fingerprint density at radius 2 is 1.80 bits per heavy atom. The van der Waals surface area contributed by atoms with E-state index >= 15 is 0 Å². The van der Waals surface area contributed by atoms with Gasteiger partial charge in [-0.2, -0.15) is 0 Å². The quantitative estimate of drug-likeness (QED) is 0.613. The molecule has 0 aliphatic rings. The molecule has 0 spiro atoms. The zero-order valence-corrected chi connectivity index (χ0v) is 14.7. The molecule has 1 heterocycles. The summed E-state index contributed by atoms with van der Waals surface area (Å²) in [6.45, 7) is 0. The van der Waals surface area contributed by atoms with Crippen molar-refractivity contribution in [2.75, 3.05) is 5.75 Å². The molecule has 25 heavy (non-hydrogen) atoms. The fourth-order valence-corrected chi connectivity index (χ4v) is 3.89. The number of benzene rings is 2. The van der Waals surface area contributed by atoms with Crippen molar-refractivity contribution in [2.24, 2.45) is 0 Å². The van der Waals surface area contributed by atoms with Crippen LogP contribution in [0.3, 0.4) is 0 Å². The molecule has 0 aliphatic carbocycles. The minimum absolute atomic E-state index is 0.101. The first-order valence-electron chi connectivity index (χ1n) is 7.59. The van der Waals surface area contributed by atoms with Crippen LogP contribution in [0.1, 0.15) is 16.5 Å². The fraction of sp³-hybridized carbons (Fsp3) is 0.105. The van der Waals surface area contributed by atoms with Gasteiger partial charge in [0.1, 0.15) is 11.6 Å². The molecule has 128 valence electrons. The number of thioether (sulfide) groups is 1. The van der Waals surface area contributed by atoms with Crippen molar-refractivity contribution < 1.29 is 13.6 Å². The number of hydrogen-bond acceptors (Lipinski definition) is 3. The second kappa shape index (κ2) is 8.27. The first-order valence-corrected chi connectivity index (χ1v) is 9.45. The lowest BCUT2D eigenvalue weighted by Gasteiger charge is -2.18. The number of amides is 1. The summed E-state index contributed by atoms with van der Waals surface area (Å²) < 4.78 is 26.8. The lowest BCUT2D eigenvalue weighted by Crippen LogP contribution is -2.30. The predicted octanol–water partition coefficient (Wildman–Crippen LogP) is 5.02. The van der Waals surface area contributed by atoms with Gasteiger partial charge in [-0.15, -0.1) is 23.1 Å². The molecule has 0 saturated heterocycles.